The quantitative estimate of drug-likeness (QED) is 0.444. The van der Waals surface area contributed by atoms with E-state index < -0.39 is 5.91 Å². The Kier molecular flexibility index (Phi) is 4.59. The van der Waals surface area contributed by atoms with Gasteiger partial charge in [-0.1, -0.05) is 0 Å². The Morgan fingerprint density at radius 2 is 2.06 bits per heavy atom. The van der Waals surface area contributed by atoms with E-state index in [-0.39, 0.29) is 23.8 Å². The predicted molar refractivity (Wildman–Crippen MR) is 113 cm³/mol. The number of primary amides is 1. The minimum Gasteiger partial charge on any atom is -0.364 e. The number of anilines is 1. The summed E-state index contributed by atoms with van der Waals surface area (Å²) in [5.74, 6) is 0.208. The summed E-state index contributed by atoms with van der Waals surface area (Å²) >= 11 is 0. The predicted octanol–water partition coefficient (Wildman–Crippen LogP) is 0.936. The van der Waals surface area contributed by atoms with Gasteiger partial charge in [0, 0.05) is 36.5 Å². The molecular weight excluding hydrogens is 396 g/mol. The first-order valence-electron chi connectivity index (χ1n) is 9.99. The lowest BCUT2D eigenvalue weighted by molar-refractivity contribution is 0.0994. The zero-order valence-corrected chi connectivity index (χ0v) is 17.1. The molecule has 0 bridgehead atoms. The number of fused-ring (bicyclic) bond motifs is 1. The number of rotatable bonds is 4. The highest BCUT2D eigenvalue weighted by molar-refractivity contribution is 5.90. The molecule has 11 heteroatoms. The Morgan fingerprint density at radius 1 is 1.19 bits per heavy atom. The molecule has 1 amide bonds. The van der Waals surface area contributed by atoms with Gasteiger partial charge in [-0.25, -0.2) is 19.5 Å². The summed E-state index contributed by atoms with van der Waals surface area (Å²) in [4.78, 5) is 27.1. The molecule has 11 nitrogen and oxygen atoms in total. The topological polar surface area (TPSA) is 143 Å². The van der Waals surface area contributed by atoms with E-state index in [0.29, 0.717) is 17.0 Å². The van der Waals surface area contributed by atoms with Gasteiger partial charge in [-0.3, -0.25) is 9.89 Å². The normalized spacial score (nSPS) is 21.5. The standard InChI is InChI=1S/C20H22N10O/c1-11-9-29(12(2)19(27-11)13-6-25-26-7-13)18-5-15(23-10-24-18)16-8-22-17-4-3-14(20(21)31)28-30(16)17/h3-8,10-12,19,27H,9H2,1-2H3,(H2,21,31)(H,25,26). The van der Waals surface area contributed by atoms with Gasteiger partial charge in [0.1, 0.15) is 23.5 Å². The second-order valence-electron chi connectivity index (χ2n) is 7.73. The van der Waals surface area contributed by atoms with E-state index in [4.69, 9.17) is 5.73 Å². The lowest BCUT2D eigenvalue weighted by atomic mass is 9.97. The highest BCUT2D eigenvalue weighted by Crippen LogP contribution is 2.30. The SMILES string of the molecule is CC1CN(c2cc(-c3cnc4ccc(C(N)=O)nn34)ncn2)C(C)C(c2cn[nH]c2)N1. The van der Waals surface area contributed by atoms with Gasteiger partial charge in [-0.15, -0.1) is 0 Å². The zero-order chi connectivity index (χ0) is 21.5. The number of nitrogens with zero attached hydrogens (tertiary/aromatic N) is 7. The molecule has 1 fully saturated rings. The number of aromatic nitrogens is 7. The van der Waals surface area contributed by atoms with Crippen molar-refractivity contribution in [3.8, 4) is 11.4 Å². The Labute approximate surface area is 177 Å². The number of carbonyl (C=O) groups excluding carboxylic acids is 1. The molecule has 1 aliphatic rings. The fraction of sp³-hybridized carbons (Fsp3) is 0.300. The number of H-pyrrole nitrogens is 1. The number of hydrogen-bond acceptors (Lipinski definition) is 8. The van der Waals surface area contributed by atoms with Crippen LogP contribution in [0.3, 0.4) is 0 Å². The molecular formula is C20H22N10O. The number of aromatic amines is 1. The first-order chi connectivity index (χ1) is 15.0. The van der Waals surface area contributed by atoms with Crippen molar-refractivity contribution < 1.29 is 4.79 Å². The van der Waals surface area contributed by atoms with Crippen LogP contribution in [-0.4, -0.2) is 59.3 Å². The van der Waals surface area contributed by atoms with Crippen molar-refractivity contribution in [2.75, 3.05) is 11.4 Å². The number of hydrogen-bond donors (Lipinski definition) is 3. The maximum absolute atomic E-state index is 11.6. The van der Waals surface area contributed by atoms with Crippen molar-refractivity contribution in [2.24, 2.45) is 5.73 Å². The third-order valence-corrected chi connectivity index (χ3v) is 5.61. The molecule has 4 aromatic rings. The third kappa shape index (κ3) is 3.38. The highest BCUT2D eigenvalue weighted by atomic mass is 16.1. The fourth-order valence-electron chi connectivity index (χ4n) is 4.07. The third-order valence-electron chi connectivity index (χ3n) is 5.61. The number of amides is 1. The summed E-state index contributed by atoms with van der Waals surface area (Å²) in [7, 11) is 0. The monoisotopic (exact) mass is 418 g/mol. The van der Waals surface area contributed by atoms with Crippen LogP contribution in [0.5, 0.6) is 0 Å². The molecule has 4 N–H and O–H groups in total. The van der Waals surface area contributed by atoms with Crippen molar-refractivity contribution >= 4 is 17.4 Å². The molecule has 31 heavy (non-hydrogen) atoms. The van der Waals surface area contributed by atoms with Gasteiger partial charge >= 0.3 is 0 Å². The van der Waals surface area contributed by atoms with Crippen molar-refractivity contribution in [2.45, 2.75) is 32.0 Å². The van der Waals surface area contributed by atoms with Crippen LogP contribution in [0.1, 0.15) is 35.9 Å². The first-order valence-corrected chi connectivity index (χ1v) is 9.99. The maximum atomic E-state index is 11.6. The van der Waals surface area contributed by atoms with Gasteiger partial charge in [0.25, 0.3) is 5.91 Å². The summed E-state index contributed by atoms with van der Waals surface area (Å²) in [6, 6.07) is 5.68. The van der Waals surface area contributed by atoms with E-state index in [1.54, 1.807) is 22.8 Å². The van der Waals surface area contributed by atoms with Crippen LogP contribution in [-0.2, 0) is 0 Å². The smallest absolute Gasteiger partial charge is 0.269 e. The molecule has 0 aliphatic carbocycles. The van der Waals surface area contributed by atoms with E-state index in [1.165, 1.54) is 6.33 Å². The molecule has 4 aromatic heterocycles. The Balaban J connectivity index is 1.53. The summed E-state index contributed by atoms with van der Waals surface area (Å²) in [6.07, 6.45) is 6.97. The Morgan fingerprint density at radius 3 is 2.84 bits per heavy atom. The second-order valence-corrected chi connectivity index (χ2v) is 7.73. The molecule has 3 atom stereocenters. The molecule has 1 saturated heterocycles. The number of carbonyl (C=O) groups is 1. The van der Waals surface area contributed by atoms with Crippen LogP contribution < -0.4 is 16.0 Å². The zero-order valence-electron chi connectivity index (χ0n) is 17.1. The van der Waals surface area contributed by atoms with Crippen LogP contribution in [0, 0.1) is 0 Å². The molecule has 158 valence electrons. The van der Waals surface area contributed by atoms with Gasteiger partial charge in [0.2, 0.25) is 0 Å². The van der Waals surface area contributed by atoms with Gasteiger partial charge in [-0.2, -0.15) is 10.2 Å². The van der Waals surface area contributed by atoms with E-state index in [9.17, 15) is 4.79 Å². The molecule has 5 rings (SSSR count). The summed E-state index contributed by atoms with van der Waals surface area (Å²) in [5, 5.41) is 14.9. The van der Waals surface area contributed by atoms with Gasteiger partial charge in [-0.05, 0) is 26.0 Å². The van der Waals surface area contributed by atoms with E-state index >= 15 is 0 Å². The number of imidazole rings is 1. The molecule has 1 aliphatic heterocycles. The maximum Gasteiger partial charge on any atom is 0.269 e. The van der Waals surface area contributed by atoms with Crippen molar-refractivity contribution in [1.82, 2.24) is 40.1 Å². The molecule has 0 saturated carbocycles. The Bertz CT molecular complexity index is 1230. The van der Waals surface area contributed by atoms with Crippen LogP contribution in [0.2, 0.25) is 0 Å². The van der Waals surface area contributed by atoms with E-state index in [2.05, 4.69) is 54.3 Å². The number of nitrogens with two attached hydrogens (primary N) is 1. The lowest BCUT2D eigenvalue weighted by Gasteiger charge is -2.43. The van der Waals surface area contributed by atoms with Crippen molar-refractivity contribution in [3.63, 3.8) is 0 Å². The lowest BCUT2D eigenvalue weighted by Crippen LogP contribution is -2.56. The average molecular weight is 418 g/mol. The highest BCUT2D eigenvalue weighted by Gasteiger charge is 2.33. The molecule has 0 aromatic carbocycles. The Hall–Kier alpha value is -3.86. The number of piperazine rings is 1. The molecule has 3 unspecified atom stereocenters. The molecule has 0 spiro atoms. The second kappa shape index (κ2) is 7.43. The van der Waals surface area contributed by atoms with Crippen LogP contribution in [0.15, 0.2) is 43.1 Å². The van der Waals surface area contributed by atoms with Gasteiger partial charge in [0.15, 0.2) is 5.65 Å². The summed E-state index contributed by atoms with van der Waals surface area (Å²) in [6.45, 7) is 5.10. The van der Waals surface area contributed by atoms with E-state index in [1.807, 2.05) is 18.5 Å². The van der Waals surface area contributed by atoms with Crippen LogP contribution in [0.25, 0.3) is 17.0 Å². The minimum absolute atomic E-state index is 0.108. The minimum atomic E-state index is -0.598. The largest absolute Gasteiger partial charge is 0.364 e. The van der Waals surface area contributed by atoms with E-state index in [0.717, 1.165) is 17.9 Å². The van der Waals surface area contributed by atoms with Crippen molar-refractivity contribution in [3.05, 3.63) is 54.4 Å². The average Bonchev–Trinajstić information content (AvgIpc) is 3.44. The summed E-state index contributed by atoms with van der Waals surface area (Å²) in [5.41, 5.74) is 8.56. The fourth-order valence-corrected chi connectivity index (χ4v) is 4.07. The first kappa shape index (κ1) is 19.1. The number of nitrogens with one attached hydrogen (secondary N) is 2. The molecule has 0 radical (unpaired) electrons. The van der Waals surface area contributed by atoms with Crippen LogP contribution >= 0.6 is 0 Å². The summed E-state index contributed by atoms with van der Waals surface area (Å²) < 4.78 is 1.57. The van der Waals surface area contributed by atoms with Gasteiger partial charge < -0.3 is 16.0 Å². The van der Waals surface area contributed by atoms with Gasteiger partial charge in [0.05, 0.1) is 24.1 Å². The van der Waals surface area contributed by atoms with Crippen LogP contribution in [0.4, 0.5) is 5.82 Å². The molecule has 5 heterocycles. The van der Waals surface area contributed by atoms with Crippen molar-refractivity contribution in [1.29, 1.82) is 0 Å².